The van der Waals surface area contributed by atoms with E-state index in [2.05, 4.69) is 15.1 Å². The first-order valence-electron chi connectivity index (χ1n) is 8.66. The molecule has 4 aromatic rings. The molecule has 0 radical (unpaired) electrons. The fourth-order valence-corrected chi connectivity index (χ4v) is 3.10. The summed E-state index contributed by atoms with van der Waals surface area (Å²) in [5.74, 6) is 2.10. The number of aromatic amines is 1. The Labute approximate surface area is 162 Å². The van der Waals surface area contributed by atoms with Crippen LogP contribution in [-0.2, 0) is 6.54 Å². The Kier molecular flexibility index (Phi) is 3.83. The van der Waals surface area contributed by atoms with Gasteiger partial charge in [0.15, 0.2) is 11.5 Å². The van der Waals surface area contributed by atoms with Crippen molar-refractivity contribution < 1.29 is 18.7 Å². The van der Waals surface area contributed by atoms with Gasteiger partial charge in [0.1, 0.15) is 12.3 Å². The molecule has 1 aliphatic heterocycles. The van der Waals surface area contributed by atoms with E-state index in [1.54, 1.807) is 43.5 Å². The van der Waals surface area contributed by atoms with E-state index in [1.165, 1.54) is 0 Å². The molecule has 10 heteroatoms. The van der Waals surface area contributed by atoms with Crippen LogP contribution in [0.15, 0.2) is 50.5 Å². The molecule has 0 aliphatic carbocycles. The summed E-state index contributed by atoms with van der Waals surface area (Å²) < 4.78 is 21.9. The van der Waals surface area contributed by atoms with Gasteiger partial charge in [0.05, 0.1) is 18.0 Å². The van der Waals surface area contributed by atoms with Gasteiger partial charge in [0.25, 0.3) is 5.56 Å². The molecule has 0 saturated carbocycles. The molecular weight excluding hydrogens is 380 g/mol. The fourth-order valence-electron chi connectivity index (χ4n) is 3.10. The lowest BCUT2D eigenvalue weighted by Gasteiger charge is -2.05. The molecule has 2 aromatic carbocycles. The second kappa shape index (κ2) is 6.51. The van der Waals surface area contributed by atoms with Gasteiger partial charge in [0, 0.05) is 11.6 Å². The molecule has 0 saturated heterocycles. The van der Waals surface area contributed by atoms with Crippen LogP contribution in [0.2, 0.25) is 0 Å². The summed E-state index contributed by atoms with van der Waals surface area (Å²) in [6.45, 7) is -0.0953. The van der Waals surface area contributed by atoms with Crippen LogP contribution in [0.1, 0.15) is 5.89 Å². The SMILES string of the molecule is COc1ccc(-c2noc(Cn3c(=O)[nH]c4cc5c(cc4c3=O)OCO5)n2)cc1. The molecule has 0 fully saturated rings. The van der Waals surface area contributed by atoms with Crippen molar-refractivity contribution in [3.05, 3.63) is 63.1 Å². The van der Waals surface area contributed by atoms with E-state index in [-0.39, 0.29) is 19.2 Å². The molecule has 146 valence electrons. The molecule has 2 aromatic heterocycles. The Balaban J connectivity index is 1.50. The highest BCUT2D eigenvalue weighted by Gasteiger charge is 2.19. The van der Waals surface area contributed by atoms with Gasteiger partial charge in [-0.3, -0.25) is 9.36 Å². The predicted octanol–water partition coefficient (Wildman–Crippen LogP) is 1.53. The quantitative estimate of drug-likeness (QED) is 0.553. The molecule has 0 atom stereocenters. The third-order valence-electron chi connectivity index (χ3n) is 4.58. The maximum Gasteiger partial charge on any atom is 0.329 e. The molecule has 3 heterocycles. The van der Waals surface area contributed by atoms with Crippen molar-refractivity contribution in [3.63, 3.8) is 0 Å². The minimum Gasteiger partial charge on any atom is -0.497 e. The first-order chi connectivity index (χ1) is 14.1. The number of H-pyrrole nitrogens is 1. The lowest BCUT2D eigenvalue weighted by atomic mass is 10.2. The summed E-state index contributed by atoms with van der Waals surface area (Å²) in [5, 5.41) is 4.21. The topological polar surface area (TPSA) is 121 Å². The van der Waals surface area contributed by atoms with Gasteiger partial charge in [-0.2, -0.15) is 4.98 Å². The van der Waals surface area contributed by atoms with E-state index in [0.29, 0.717) is 39.5 Å². The zero-order chi connectivity index (χ0) is 20.0. The van der Waals surface area contributed by atoms with Crippen molar-refractivity contribution in [2.45, 2.75) is 6.54 Å². The number of hydrogen-bond donors (Lipinski definition) is 1. The van der Waals surface area contributed by atoms with E-state index < -0.39 is 11.2 Å². The summed E-state index contributed by atoms with van der Waals surface area (Å²) in [7, 11) is 1.58. The summed E-state index contributed by atoms with van der Waals surface area (Å²) in [6, 6.07) is 10.2. The number of nitrogens with one attached hydrogen (secondary N) is 1. The largest absolute Gasteiger partial charge is 0.497 e. The molecule has 0 bridgehead atoms. The van der Waals surface area contributed by atoms with E-state index in [0.717, 1.165) is 4.57 Å². The summed E-state index contributed by atoms with van der Waals surface area (Å²) in [6.07, 6.45) is 0. The van der Waals surface area contributed by atoms with Crippen LogP contribution in [0.25, 0.3) is 22.3 Å². The predicted molar refractivity (Wildman–Crippen MR) is 100 cm³/mol. The van der Waals surface area contributed by atoms with Crippen molar-refractivity contribution >= 4 is 10.9 Å². The minimum atomic E-state index is -0.592. The second-order valence-electron chi connectivity index (χ2n) is 6.31. The average Bonchev–Trinajstić information content (AvgIpc) is 3.39. The molecule has 29 heavy (non-hydrogen) atoms. The third kappa shape index (κ3) is 2.90. The number of fused-ring (bicyclic) bond motifs is 2. The maximum absolute atomic E-state index is 12.8. The van der Waals surface area contributed by atoms with Crippen molar-refractivity contribution in [2.24, 2.45) is 0 Å². The van der Waals surface area contributed by atoms with Gasteiger partial charge in [0.2, 0.25) is 18.5 Å². The molecule has 0 amide bonds. The highest BCUT2D eigenvalue weighted by atomic mass is 16.7. The summed E-state index contributed by atoms with van der Waals surface area (Å²) >= 11 is 0. The fraction of sp³-hybridized carbons (Fsp3) is 0.158. The summed E-state index contributed by atoms with van der Waals surface area (Å²) in [5.41, 5.74) is -0.00459. The molecule has 0 unspecified atom stereocenters. The Morgan fingerprint density at radius 3 is 2.66 bits per heavy atom. The zero-order valence-corrected chi connectivity index (χ0v) is 15.2. The lowest BCUT2D eigenvalue weighted by molar-refractivity contribution is 0.174. The molecule has 1 aliphatic rings. The van der Waals surface area contributed by atoms with Gasteiger partial charge in [-0.05, 0) is 30.3 Å². The lowest BCUT2D eigenvalue weighted by Crippen LogP contribution is -2.35. The highest BCUT2D eigenvalue weighted by molar-refractivity contribution is 5.81. The van der Waals surface area contributed by atoms with E-state index in [9.17, 15) is 9.59 Å². The Hall–Kier alpha value is -4.08. The van der Waals surface area contributed by atoms with Crippen LogP contribution in [0.5, 0.6) is 17.2 Å². The normalized spacial score (nSPS) is 12.4. The van der Waals surface area contributed by atoms with Crippen molar-refractivity contribution in [3.8, 4) is 28.6 Å². The van der Waals surface area contributed by atoms with Crippen LogP contribution >= 0.6 is 0 Å². The first-order valence-corrected chi connectivity index (χ1v) is 8.66. The van der Waals surface area contributed by atoms with Gasteiger partial charge in [-0.15, -0.1) is 0 Å². The van der Waals surface area contributed by atoms with Crippen molar-refractivity contribution in [2.75, 3.05) is 13.9 Å². The van der Waals surface area contributed by atoms with Crippen molar-refractivity contribution in [1.29, 1.82) is 0 Å². The Morgan fingerprint density at radius 2 is 1.90 bits per heavy atom. The average molecular weight is 394 g/mol. The van der Waals surface area contributed by atoms with Crippen LogP contribution < -0.4 is 25.5 Å². The Morgan fingerprint density at radius 1 is 1.14 bits per heavy atom. The molecule has 5 rings (SSSR count). The van der Waals surface area contributed by atoms with Crippen LogP contribution in [0.3, 0.4) is 0 Å². The van der Waals surface area contributed by atoms with E-state index in [1.807, 2.05) is 0 Å². The number of methoxy groups -OCH3 is 1. The molecule has 10 nitrogen and oxygen atoms in total. The monoisotopic (exact) mass is 394 g/mol. The van der Waals surface area contributed by atoms with E-state index >= 15 is 0 Å². The number of aromatic nitrogens is 4. The number of hydrogen-bond acceptors (Lipinski definition) is 8. The number of rotatable bonds is 4. The number of nitrogens with zero attached hydrogens (tertiary/aromatic N) is 3. The number of benzene rings is 2. The standard InChI is InChI=1S/C19H14N4O6/c1-26-11-4-2-10(3-5-11)17-21-16(29-22-17)8-23-18(24)12-6-14-15(28-9-27-14)7-13(12)20-19(23)25/h2-7H,8-9H2,1H3,(H,20,25). The molecule has 0 spiro atoms. The highest BCUT2D eigenvalue weighted by Crippen LogP contribution is 2.34. The van der Waals surface area contributed by atoms with E-state index in [4.69, 9.17) is 18.7 Å². The smallest absolute Gasteiger partial charge is 0.329 e. The third-order valence-corrected chi connectivity index (χ3v) is 4.58. The van der Waals surface area contributed by atoms with Crippen molar-refractivity contribution in [1.82, 2.24) is 19.7 Å². The van der Waals surface area contributed by atoms with Gasteiger partial charge >= 0.3 is 5.69 Å². The van der Waals surface area contributed by atoms with Crippen LogP contribution in [-0.4, -0.2) is 33.6 Å². The van der Waals surface area contributed by atoms with Crippen LogP contribution in [0, 0.1) is 0 Å². The van der Waals surface area contributed by atoms with Crippen LogP contribution in [0.4, 0.5) is 0 Å². The minimum absolute atomic E-state index is 0.0696. The second-order valence-corrected chi connectivity index (χ2v) is 6.31. The number of ether oxygens (including phenoxy) is 3. The van der Waals surface area contributed by atoms with Gasteiger partial charge < -0.3 is 23.7 Å². The first kappa shape index (κ1) is 17.0. The zero-order valence-electron chi connectivity index (χ0n) is 15.2. The van der Waals surface area contributed by atoms with Gasteiger partial charge in [-0.25, -0.2) is 4.79 Å². The Bertz CT molecular complexity index is 1340. The molecular formula is C19H14N4O6. The summed E-state index contributed by atoms with van der Waals surface area (Å²) in [4.78, 5) is 32.2. The maximum atomic E-state index is 12.8. The molecule has 1 N–H and O–H groups in total. The van der Waals surface area contributed by atoms with Gasteiger partial charge in [-0.1, -0.05) is 5.16 Å².